The second-order valence-electron chi connectivity index (χ2n) is 4.68. The van der Waals surface area contributed by atoms with Crippen LogP contribution in [0, 0.1) is 0 Å². The van der Waals surface area contributed by atoms with Gasteiger partial charge in [-0.05, 0) is 45.1 Å². The number of aromatic nitrogens is 1. The molecule has 1 aromatic heterocycles. The van der Waals surface area contributed by atoms with Crippen LogP contribution in [0.25, 0.3) is 0 Å². The molecule has 2 heterocycles. The third kappa shape index (κ3) is 1.69. The number of rotatable bonds is 1. The Bertz CT molecular complexity index is 339. The SMILES string of the molecule is C1CCc2noc(C3CCCN3)c2CC1. The Morgan fingerprint density at radius 3 is 2.93 bits per heavy atom. The van der Waals surface area contributed by atoms with Crippen molar-refractivity contribution < 1.29 is 4.52 Å². The minimum absolute atomic E-state index is 0.444. The lowest BCUT2D eigenvalue weighted by atomic mass is 10.0. The van der Waals surface area contributed by atoms with Crippen LogP contribution in [0.2, 0.25) is 0 Å². The molecule has 15 heavy (non-hydrogen) atoms. The van der Waals surface area contributed by atoms with Crippen LogP contribution in [0.15, 0.2) is 4.52 Å². The van der Waals surface area contributed by atoms with E-state index >= 15 is 0 Å². The van der Waals surface area contributed by atoms with Crippen LogP contribution in [-0.4, -0.2) is 11.7 Å². The van der Waals surface area contributed by atoms with Gasteiger partial charge in [0.05, 0.1) is 11.7 Å². The molecule has 1 aromatic rings. The van der Waals surface area contributed by atoms with Gasteiger partial charge >= 0.3 is 0 Å². The fourth-order valence-electron chi connectivity index (χ4n) is 2.77. The number of nitrogens with zero attached hydrogens (tertiary/aromatic N) is 1. The second-order valence-corrected chi connectivity index (χ2v) is 4.68. The first-order valence-corrected chi connectivity index (χ1v) is 6.16. The third-order valence-corrected chi connectivity index (χ3v) is 3.62. The third-order valence-electron chi connectivity index (χ3n) is 3.62. The highest BCUT2D eigenvalue weighted by Gasteiger charge is 2.26. The van der Waals surface area contributed by atoms with Crippen LogP contribution in [0.3, 0.4) is 0 Å². The zero-order valence-corrected chi connectivity index (χ0v) is 9.09. The molecule has 1 N–H and O–H groups in total. The summed E-state index contributed by atoms with van der Waals surface area (Å²) in [6.07, 6.45) is 8.68. The maximum Gasteiger partial charge on any atom is 0.157 e. The van der Waals surface area contributed by atoms with Gasteiger partial charge in [-0.25, -0.2) is 0 Å². The summed E-state index contributed by atoms with van der Waals surface area (Å²) >= 11 is 0. The van der Waals surface area contributed by atoms with Gasteiger partial charge in [-0.3, -0.25) is 0 Å². The van der Waals surface area contributed by atoms with E-state index in [4.69, 9.17) is 4.52 Å². The highest BCUT2D eigenvalue weighted by molar-refractivity contribution is 5.27. The van der Waals surface area contributed by atoms with Crippen LogP contribution >= 0.6 is 0 Å². The van der Waals surface area contributed by atoms with Gasteiger partial charge in [-0.15, -0.1) is 0 Å². The van der Waals surface area contributed by atoms with Gasteiger partial charge in [-0.2, -0.15) is 0 Å². The van der Waals surface area contributed by atoms with Crippen molar-refractivity contribution in [2.75, 3.05) is 6.54 Å². The van der Waals surface area contributed by atoms with Crippen molar-refractivity contribution in [2.24, 2.45) is 0 Å². The second kappa shape index (κ2) is 3.97. The number of hydrogen-bond acceptors (Lipinski definition) is 3. The fraction of sp³-hybridized carbons (Fsp3) is 0.750. The summed E-state index contributed by atoms with van der Waals surface area (Å²) in [5.41, 5.74) is 2.66. The van der Waals surface area contributed by atoms with E-state index in [1.807, 2.05) is 0 Å². The minimum atomic E-state index is 0.444. The average molecular weight is 206 g/mol. The van der Waals surface area contributed by atoms with Gasteiger partial charge in [0.1, 0.15) is 0 Å². The molecular weight excluding hydrogens is 188 g/mol. The Balaban J connectivity index is 1.91. The lowest BCUT2D eigenvalue weighted by molar-refractivity contribution is 0.344. The molecular formula is C12H18N2O. The molecule has 1 saturated heterocycles. The topological polar surface area (TPSA) is 38.1 Å². The molecule has 0 radical (unpaired) electrons. The van der Waals surface area contributed by atoms with E-state index in [9.17, 15) is 0 Å². The van der Waals surface area contributed by atoms with E-state index in [-0.39, 0.29) is 0 Å². The van der Waals surface area contributed by atoms with Gasteiger partial charge in [-0.1, -0.05) is 11.6 Å². The van der Waals surface area contributed by atoms with E-state index in [0.717, 1.165) is 18.7 Å². The molecule has 1 atom stereocenters. The summed E-state index contributed by atoms with van der Waals surface area (Å²) in [6, 6.07) is 0.444. The summed E-state index contributed by atoms with van der Waals surface area (Å²) in [4.78, 5) is 0. The predicted octanol–water partition coefficient (Wildman–Crippen LogP) is 2.37. The Morgan fingerprint density at radius 2 is 2.07 bits per heavy atom. The van der Waals surface area contributed by atoms with Gasteiger partial charge in [0.25, 0.3) is 0 Å². The molecule has 3 rings (SSSR count). The zero-order valence-electron chi connectivity index (χ0n) is 9.09. The molecule has 1 unspecified atom stereocenters. The molecule has 0 spiro atoms. The molecule has 3 heteroatoms. The van der Waals surface area contributed by atoms with Crippen molar-refractivity contribution in [3.05, 3.63) is 17.0 Å². The van der Waals surface area contributed by atoms with Crippen LogP contribution in [0.4, 0.5) is 0 Å². The highest BCUT2D eigenvalue weighted by Crippen LogP contribution is 2.31. The normalized spacial score (nSPS) is 26.3. The van der Waals surface area contributed by atoms with E-state index in [0.29, 0.717) is 6.04 Å². The quantitative estimate of drug-likeness (QED) is 0.717. The highest BCUT2D eigenvalue weighted by atomic mass is 16.5. The molecule has 1 aliphatic heterocycles. The van der Waals surface area contributed by atoms with Gasteiger partial charge in [0.2, 0.25) is 0 Å². The fourth-order valence-corrected chi connectivity index (χ4v) is 2.77. The largest absolute Gasteiger partial charge is 0.359 e. The summed E-state index contributed by atoms with van der Waals surface area (Å²) < 4.78 is 5.54. The number of aryl methyl sites for hydroxylation is 1. The average Bonchev–Trinajstić information content (AvgIpc) is 2.83. The van der Waals surface area contributed by atoms with Crippen molar-refractivity contribution in [1.82, 2.24) is 10.5 Å². The molecule has 0 amide bonds. The van der Waals surface area contributed by atoms with Crippen LogP contribution in [0.5, 0.6) is 0 Å². The number of nitrogens with one attached hydrogen (secondary N) is 1. The first kappa shape index (κ1) is 9.40. The molecule has 0 aromatic carbocycles. The molecule has 0 saturated carbocycles. The molecule has 0 bridgehead atoms. The lowest BCUT2D eigenvalue weighted by Gasteiger charge is -2.07. The maximum atomic E-state index is 5.54. The molecule has 1 aliphatic carbocycles. The first-order valence-electron chi connectivity index (χ1n) is 6.16. The van der Waals surface area contributed by atoms with E-state index in [2.05, 4.69) is 10.5 Å². The monoisotopic (exact) mass is 206 g/mol. The maximum absolute atomic E-state index is 5.54. The smallest absolute Gasteiger partial charge is 0.157 e. The Morgan fingerprint density at radius 1 is 1.13 bits per heavy atom. The summed E-state index contributed by atoms with van der Waals surface area (Å²) in [6.45, 7) is 1.13. The molecule has 2 aliphatic rings. The number of fused-ring (bicyclic) bond motifs is 1. The molecule has 82 valence electrons. The first-order chi connectivity index (χ1) is 7.45. The minimum Gasteiger partial charge on any atom is -0.359 e. The Labute approximate surface area is 90.2 Å². The Kier molecular flexibility index (Phi) is 2.49. The van der Waals surface area contributed by atoms with Crippen molar-refractivity contribution in [1.29, 1.82) is 0 Å². The van der Waals surface area contributed by atoms with Gasteiger partial charge in [0.15, 0.2) is 5.76 Å². The van der Waals surface area contributed by atoms with Crippen LogP contribution < -0.4 is 5.32 Å². The number of hydrogen-bond donors (Lipinski definition) is 1. The Hall–Kier alpha value is -0.830. The molecule has 1 fully saturated rings. The summed E-state index contributed by atoms with van der Waals surface area (Å²) in [5.74, 6) is 1.14. The van der Waals surface area contributed by atoms with E-state index in [1.54, 1.807) is 0 Å². The van der Waals surface area contributed by atoms with E-state index in [1.165, 1.54) is 49.8 Å². The van der Waals surface area contributed by atoms with Crippen LogP contribution in [-0.2, 0) is 12.8 Å². The van der Waals surface area contributed by atoms with Crippen molar-refractivity contribution in [2.45, 2.75) is 51.0 Å². The summed E-state index contributed by atoms with van der Waals surface area (Å²) in [5, 5.41) is 7.74. The lowest BCUT2D eigenvalue weighted by Crippen LogP contribution is -2.13. The standard InChI is InChI=1S/C12H18N2O/c1-2-5-9-10(6-3-1)14-15-12(9)11-7-4-8-13-11/h11,13H,1-8H2. The van der Waals surface area contributed by atoms with E-state index < -0.39 is 0 Å². The van der Waals surface area contributed by atoms with Gasteiger partial charge in [0, 0.05) is 5.56 Å². The summed E-state index contributed by atoms with van der Waals surface area (Å²) in [7, 11) is 0. The molecule has 3 nitrogen and oxygen atoms in total. The zero-order chi connectivity index (χ0) is 10.1. The van der Waals surface area contributed by atoms with Crippen LogP contribution in [0.1, 0.15) is 55.2 Å². The van der Waals surface area contributed by atoms with Crippen molar-refractivity contribution >= 4 is 0 Å². The van der Waals surface area contributed by atoms with Crippen molar-refractivity contribution in [3.8, 4) is 0 Å². The predicted molar refractivity (Wildman–Crippen MR) is 57.7 cm³/mol. The van der Waals surface area contributed by atoms with Gasteiger partial charge < -0.3 is 9.84 Å². The van der Waals surface area contributed by atoms with Crippen molar-refractivity contribution in [3.63, 3.8) is 0 Å².